The molecule has 0 saturated heterocycles. The first-order chi connectivity index (χ1) is 9.35. The van der Waals surface area contributed by atoms with E-state index < -0.39 is 0 Å². The van der Waals surface area contributed by atoms with E-state index in [1.54, 1.807) is 25.6 Å². The molecule has 0 amide bonds. The lowest BCUT2D eigenvalue weighted by atomic mass is 10.2. The summed E-state index contributed by atoms with van der Waals surface area (Å²) in [5.74, 6) is 1.71. The van der Waals surface area contributed by atoms with Crippen LogP contribution in [0.25, 0.3) is 11.5 Å². The molecule has 0 aliphatic carbocycles. The van der Waals surface area contributed by atoms with Crippen LogP contribution in [0.15, 0.2) is 22.9 Å². The van der Waals surface area contributed by atoms with E-state index in [4.69, 9.17) is 9.15 Å². The van der Waals surface area contributed by atoms with Crippen LogP contribution in [-0.4, -0.2) is 35.4 Å². The van der Waals surface area contributed by atoms with Crippen LogP contribution in [0.2, 0.25) is 0 Å². The van der Waals surface area contributed by atoms with E-state index in [0.717, 1.165) is 31.5 Å². The Balaban J connectivity index is 2.04. The van der Waals surface area contributed by atoms with Crippen LogP contribution >= 0.6 is 0 Å². The Morgan fingerprint density at radius 3 is 3.00 bits per heavy atom. The van der Waals surface area contributed by atoms with Gasteiger partial charge >= 0.3 is 0 Å². The topological polar surface area (TPSA) is 73.1 Å². The molecule has 2 heterocycles. The molecule has 2 aromatic heterocycles. The maximum Gasteiger partial charge on any atom is 0.251 e. The van der Waals surface area contributed by atoms with Gasteiger partial charge in [0.2, 0.25) is 5.89 Å². The highest BCUT2D eigenvalue weighted by molar-refractivity contribution is 5.60. The second kappa shape index (κ2) is 6.84. The molecule has 6 nitrogen and oxygen atoms in total. The molecule has 0 aliphatic rings. The second-order valence-corrected chi connectivity index (χ2v) is 4.08. The van der Waals surface area contributed by atoms with E-state index in [-0.39, 0.29) is 0 Å². The van der Waals surface area contributed by atoms with Crippen molar-refractivity contribution in [2.45, 2.75) is 19.8 Å². The van der Waals surface area contributed by atoms with Crippen molar-refractivity contribution in [1.82, 2.24) is 20.5 Å². The molecule has 0 fully saturated rings. The van der Waals surface area contributed by atoms with Gasteiger partial charge in [0, 0.05) is 19.2 Å². The lowest BCUT2D eigenvalue weighted by Gasteiger charge is -2.02. The predicted octanol–water partition coefficient (Wildman–Crippen LogP) is 1.68. The fourth-order valence-electron chi connectivity index (χ4n) is 1.68. The van der Waals surface area contributed by atoms with Gasteiger partial charge in [-0.05, 0) is 19.0 Å². The summed E-state index contributed by atoms with van der Waals surface area (Å²) in [5, 5.41) is 11.4. The van der Waals surface area contributed by atoms with Crippen molar-refractivity contribution in [3.05, 3.63) is 24.4 Å². The standard InChI is InChI=1S/C13H18N4O2/c1-3-6-14-8-5-12-16-17-13(19-12)10-4-7-15-9-11(10)18-2/h4,7,9,14H,3,5-6,8H2,1-2H3. The quantitative estimate of drug-likeness (QED) is 0.765. The summed E-state index contributed by atoms with van der Waals surface area (Å²) < 4.78 is 10.8. The molecule has 0 bridgehead atoms. The summed E-state index contributed by atoms with van der Waals surface area (Å²) in [4.78, 5) is 3.99. The molecule has 1 N–H and O–H groups in total. The molecule has 0 atom stereocenters. The molecule has 6 heteroatoms. The third-order valence-electron chi connectivity index (χ3n) is 2.64. The average Bonchev–Trinajstić information content (AvgIpc) is 2.92. The highest BCUT2D eigenvalue weighted by Crippen LogP contribution is 2.27. The number of hydrogen-bond donors (Lipinski definition) is 1. The normalized spacial score (nSPS) is 10.6. The van der Waals surface area contributed by atoms with Crippen molar-refractivity contribution in [3.8, 4) is 17.2 Å². The molecule has 0 saturated carbocycles. The molecular formula is C13H18N4O2. The van der Waals surface area contributed by atoms with Crippen LogP contribution in [0, 0.1) is 0 Å². The molecule has 0 unspecified atom stereocenters. The summed E-state index contributed by atoms with van der Waals surface area (Å²) in [6.45, 7) is 3.97. The van der Waals surface area contributed by atoms with Crippen LogP contribution in [0.1, 0.15) is 19.2 Å². The van der Waals surface area contributed by atoms with Crippen LogP contribution in [0.4, 0.5) is 0 Å². The summed E-state index contributed by atoms with van der Waals surface area (Å²) in [6.07, 6.45) is 5.14. The van der Waals surface area contributed by atoms with Gasteiger partial charge in [-0.25, -0.2) is 0 Å². The molecule has 0 aliphatic heterocycles. The number of nitrogens with zero attached hydrogens (tertiary/aromatic N) is 3. The zero-order valence-corrected chi connectivity index (χ0v) is 11.2. The molecule has 0 radical (unpaired) electrons. The number of ether oxygens (including phenoxy) is 1. The predicted molar refractivity (Wildman–Crippen MR) is 70.9 cm³/mol. The highest BCUT2D eigenvalue weighted by Gasteiger charge is 2.12. The maximum absolute atomic E-state index is 5.62. The van der Waals surface area contributed by atoms with Crippen LogP contribution in [-0.2, 0) is 6.42 Å². The van der Waals surface area contributed by atoms with E-state index in [1.807, 2.05) is 0 Å². The SMILES string of the molecule is CCCNCCc1nnc(-c2ccncc2OC)o1. The minimum Gasteiger partial charge on any atom is -0.494 e. The van der Waals surface area contributed by atoms with Gasteiger partial charge in [0.05, 0.1) is 18.9 Å². The number of nitrogens with one attached hydrogen (secondary N) is 1. The second-order valence-electron chi connectivity index (χ2n) is 4.08. The molecule has 2 rings (SSSR count). The largest absolute Gasteiger partial charge is 0.494 e. The Bertz CT molecular complexity index is 513. The molecular weight excluding hydrogens is 244 g/mol. The number of methoxy groups -OCH3 is 1. The molecule has 0 spiro atoms. The van der Waals surface area contributed by atoms with Gasteiger partial charge in [-0.1, -0.05) is 6.92 Å². The summed E-state index contributed by atoms with van der Waals surface area (Å²) in [5.41, 5.74) is 0.762. The van der Waals surface area contributed by atoms with Gasteiger partial charge in [0.15, 0.2) is 0 Å². The summed E-state index contributed by atoms with van der Waals surface area (Å²) >= 11 is 0. The third kappa shape index (κ3) is 3.51. The molecule has 102 valence electrons. The van der Waals surface area contributed by atoms with Gasteiger partial charge in [-0.3, -0.25) is 4.98 Å². The Labute approximate surface area is 112 Å². The van der Waals surface area contributed by atoms with E-state index in [1.165, 1.54) is 0 Å². The number of hydrogen-bond acceptors (Lipinski definition) is 6. The first-order valence-corrected chi connectivity index (χ1v) is 6.36. The van der Waals surface area contributed by atoms with Crippen molar-refractivity contribution in [1.29, 1.82) is 0 Å². The number of rotatable bonds is 7. The Hall–Kier alpha value is -1.95. The summed E-state index contributed by atoms with van der Waals surface area (Å²) in [7, 11) is 1.59. The average molecular weight is 262 g/mol. The lowest BCUT2D eigenvalue weighted by Crippen LogP contribution is -2.17. The van der Waals surface area contributed by atoms with Gasteiger partial charge in [0.1, 0.15) is 5.75 Å². The first kappa shape index (κ1) is 13.5. The lowest BCUT2D eigenvalue weighted by molar-refractivity contribution is 0.411. The van der Waals surface area contributed by atoms with Crippen molar-refractivity contribution in [2.24, 2.45) is 0 Å². The fourth-order valence-corrected chi connectivity index (χ4v) is 1.68. The minimum atomic E-state index is 0.463. The van der Waals surface area contributed by atoms with Gasteiger partial charge < -0.3 is 14.5 Å². The van der Waals surface area contributed by atoms with Crippen LogP contribution in [0.3, 0.4) is 0 Å². The third-order valence-corrected chi connectivity index (χ3v) is 2.64. The van der Waals surface area contributed by atoms with E-state index in [0.29, 0.717) is 17.5 Å². The molecule has 0 aromatic carbocycles. The molecule has 19 heavy (non-hydrogen) atoms. The number of pyridine rings is 1. The van der Waals surface area contributed by atoms with E-state index >= 15 is 0 Å². The number of aromatic nitrogens is 3. The smallest absolute Gasteiger partial charge is 0.251 e. The van der Waals surface area contributed by atoms with Crippen molar-refractivity contribution in [3.63, 3.8) is 0 Å². The summed E-state index contributed by atoms with van der Waals surface area (Å²) in [6, 6.07) is 1.80. The van der Waals surface area contributed by atoms with Crippen molar-refractivity contribution >= 4 is 0 Å². The van der Waals surface area contributed by atoms with Crippen molar-refractivity contribution < 1.29 is 9.15 Å². The zero-order chi connectivity index (χ0) is 13.5. The highest BCUT2D eigenvalue weighted by atomic mass is 16.5. The van der Waals surface area contributed by atoms with Gasteiger partial charge in [-0.2, -0.15) is 0 Å². The Morgan fingerprint density at radius 1 is 1.32 bits per heavy atom. The first-order valence-electron chi connectivity index (χ1n) is 6.36. The van der Waals surface area contributed by atoms with Gasteiger partial charge in [0.25, 0.3) is 5.89 Å². The van der Waals surface area contributed by atoms with Crippen LogP contribution in [0.5, 0.6) is 5.75 Å². The van der Waals surface area contributed by atoms with E-state index in [2.05, 4.69) is 27.4 Å². The minimum absolute atomic E-state index is 0.463. The maximum atomic E-state index is 5.62. The van der Waals surface area contributed by atoms with Gasteiger partial charge in [-0.15, -0.1) is 10.2 Å². The monoisotopic (exact) mass is 262 g/mol. The fraction of sp³-hybridized carbons (Fsp3) is 0.462. The zero-order valence-electron chi connectivity index (χ0n) is 11.2. The van der Waals surface area contributed by atoms with Crippen molar-refractivity contribution in [2.75, 3.05) is 20.2 Å². The van der Waals surface area contributed by atoms with Crippen LogP contribution < -0.4 is 10.1 Å². The Kier molecular flexibility index (Phi) is 4.85. The van der Waals surface area contributed by atoms with E-state index in [9.17, 15) is 0 Å². The Morgan fingerprint density at radius 2 is 2.21 bits per heavy atom. The molecule has 2 aromatic rings.